The summed E-state index contributed by atoms with van der Waals surface area (Å²) in [7, 11) is -3.41. The lowest BCUT2D eigenvalue weighted by Crippen LogP contribution is -2.32. The minimum Gasteiger partial charge on any atom is -0.323 e. The molecule has 0 saturated carbocycles. The molecular weight excluding hydrogens is 320 g/mol. The zero-order valence-corrected chi connectivity index (χ0v) is 15.3. The summed E-state index contributed by atoms with van der Waals surface area (Å²) in [5.74, 6) is 0.427. The molecule has 130 valence electrons. The molecule has 0 aliphatic heterocycles. The van der Waals surface area contributed by atoms with Crippen LogP contribution in [0.5, 0.6) is 0 Å². The molecule has 0 spiro atoms. The molecule has 2 rings (SSSR count). The molecule has 0 aromatic heterocycles. The number of nitrogens with one attached hydrogen (secondary N) is 1. The van der Waals surface area contributed by atoms with Gasteiger partial charge in [0.1, 0.15) is 0 Å². The quantitative estimate of drug-likeness (QED) is 0.808. The molecule has 0 fully saturated rings. The summed E-state index contributed by atoms with van der Waals surface area (Å²) in [6, 6.07) is 15.2. The van der Waals surface area contributed by atoms with Crippen LogP contribution in [0.25, 0.3) is 0 Å². The van der Waals surface area contributed by atoms with Gasteiger partial charge in [0, 0.05) is 12.6 Å². The van der Waals surface area contributed by atoms with Crippen LogP contribution in [0.3, 0.4) is 0 Å². The fourth-order valence-electron chi connectivity index (χ4n) is 2.54. The van der Waals surface area contributed by atoms with Crippen LogP contribution >= 0.6 is 0 Å². The number of sulfonamides is 1. The highest BCUT2D eigenvalue weighted by Gasteiger charge is 2.14. The van der Waals surface area contributed by atoms with Crippen molar-refractivity contribution in [3.05, 3.63) is 70.8 Å². The van der Waals surface area contributed by atoms with Crippen molar-refractivity contribution in [2.45, 2.75) is 38.5 Å². The van der Waals surface area contributed by atoms with Gasteiger partial charge in [-0.2, -0.15) is 0 Å². The van der Waals surface area contributed by atoms with E-state index in [0.717, 1.165) is 16.7 Å². The minimum atomic E-state index is -3.41. The molecule has 0 amide bonds. The first-order valence-electron chi connectivity index (χ1n) is 8.15. The highest BCUT2D eigenvalue weighted by atomic mass is 32.2. The van der Waals surface area contributed by atoms with Gasteiger partial charge in [-0.25, -0.2) is 13.1 Å². The van der Waals surface area contributed by atoms with E-state index < -0.39 is 10.0 Å². The molecule has 0 aliphatic rings. The number of hydrogen-bond acceptors (Lipinski definition) is 3. The normalized spacial score (nSPS) is 13.2. The Morgan fingerprint density at radius 1 is 1.04 bits per heavy atom. The van der Waals surface area contributed by atoms with Crippen molar-refractivity contribution in [2.75, 3.05) is 6.54 Å². The van der Waals surface area contributed by atoms with Gasteiger partial charge in [-0.05, 0) is 29.5 Å². The van der Waals surface area contributed by atoms with Gasteiger partial charge >= 0.3 is 0 Å². The first kappa shape index (κ1) is 18.6. The van der Waals surface area contributed by atoms with Gasteiger partial charge in [0.2, 0.25) is 10.0 Å². The molecule has 0 bridgehead atoms. The van der Waals surface area contributed by atoms with Crippen molar-refractivity contribution >= 4 is 10.0 Å². The maximum Gasteiger partial charge on any atom is 0.215 e. The van der Waals surface area contributed by atoms with Crippen molar-refractivity contribution < 1.29 is 8.42 Å². The summed E-state index contributed by atoms with van der Waals surface area (Å²) in [4.78, 5) is 0. The largest absolute Gasteiger partial charge is 0.323 e. The predicted octanol–water partition coefficient (Wildman–Crippen LogP) is 3.24. The van der Waals surface area contributed by atoms with Crippen LogP contribution in [0.2, 0.25) is 0 Å². The number of nitrogens with two attached hydrogens (primary N) is 1. The monoisotopic (exact) mass is 346 g/mol. The standard InChI is InChI=1S/C19H26N2O2S/c1-14(2)17-7-9-18(10-8-17)19(20)12-21-24(22,23)13-16-6-4-5-15(3)11-16/h4-11,14,19,21H,12-13,20H2,1-3H3. The summed E-state index contributed by atoms with van der Waals surface area (Å²) < 4.78 is 27.1. The molecule has 1 atom stereocenters. The summed E-state index contributed by atoms with van der Waals surface area (Å²) >= 11 is 0. The van der Waals surface area contributed by atoms with E-state index in [4.69, 9.17) is 5.73 Å². The van der Waals surface area contributed by atoms with Gasteiger partial charge in [0.05, 0.1) is 5.75 Å². The van der Waals surface area contributed by atoms with Crippen LogP contribution in [0.15, 0.2) is 48.5 Å². The Morgan fingerprint density at radius 3 is 2.25 bits per heavy atom. The van der Waals surface area contributed by atoms with Crippen molar-refractivity contribution in [2.24, 2.45) is 5.73 Å². The maximum atomic E-state index is 12.2. The lowest BCUT2D eigenvalue weighted by Gasteiger charge is -2.15. The molecule has 0 aliphatic carbocycles. The van der Waals surface area contributed by atoms with E-state index in [1.54, 1.807) is 0 Å². The minimum absolute atomic E-state index is 0.0340. The van der Waals surface area contributed by atoms with E-state index in [9.17, 15) is 8.42 Å². The molecule has 0 heterocycles. The average molecular weight is 346 g/mol. The molecule has 24 heavy (non-hydrogen) atoms. The van der Waals surface area contributed by atoms with Crippen molar-refractivity contribution in [3.63, 3.8) is 0 Å². The number of benzene rings is 2. The third kappa shape index (κ3) is 5.44. The Kier molecular flexibility index (Phi) is 6.15. The smallest absolute Gasteiger partial charge is 0.215 e. The lowest BCUT2D eigenvalue weighted by molar-refractivity contribution is 0.571. The third-order valence-corrected chi connectivity index (χ3v) is 5.31. The van der Waals surface area contributed by atoms with E-state index in [2.05, 4.69) is 18.6 Å². The second kappa shape index (κ2) is 7.92. The molecule has 2 aromatic carbocycles. The van der Waals surface area contributed by atoms with Crippen LogP contribution in [0, 0.1) is 6.92 Å². The highest BCUT2D eigenvalue weighted by Crippen LogP contribution is 2.17. The first-order chi connectivity index (χ1) is 11.3. The Balaban J connectivity index is 1.95. The predicted molar refractivity (Wildman–Crippen MR) is 99.3 cm³/mol. The van der Waals surface area contributed by atoms with Crippen LogP contribution in [0.4, 0.5) is 0 Å². The molecule has 5 heteroatoms. The summed E-state index contributed by atoms with van der Waals surface area (Å²) in [5.41, 5.74) is 10.1. The SMILES string of the molecule is Cc1cccc(CS(=O)(=O)NCC(N)c2ccc(C(C)C)cc2)c1. The van der Waals surface area contributed by atoms with E-state index in [1.807, 2.05) is 55.5 Å². The third-order valence-electron chi connectivity index (χ3n) is 3.99. The molecule has 0 saturated heterocycles. The molecule has 1 unspecified atom stereocenters. The van der Waals surface area contributed by atoms with Crippen LogP contribution in [0.1, 0.15) is 48.1 Å². The van der Waals surface area contributed by atoms with E-state index in [0.29, 0.717) is 5.92 Å². The van der Waals surface area contributed by atoms with E-state index in [1.165, 1.54) is 5.56 Å². The number of aryl methyl sites for hydroxylation is 1. The Bertz CT molecular complexity index is 768. The topological polar surface area (TPSA) is 72.2 Å². The van der Waals surface area contributed by atoms with Gasteiger partial charge in [-0.3, -0.25) is 0 Å². The fourth-order valence-corrected chi connectivity index (χ4v) is 3.69. The summed E-state index contributed by atoms with van der Waals surface area (Å²) in [6.45, 7) is 6.40. The zero-order chi connectivity index (χ0) is 17.7. The van der Waals surface area contributed by atoms with Crippen LogP contribution in [-0.4, -0.2) is 15.0 Å². The zero-order valence-electron chi connectivity index (χ0n) is 14.5. The van der Waals surface area contributed by atoms with Gasteiger partial charge in [-0.1, -0.05) is 67.9 Å². The van der Waals surface area contributed by atoms with Gasteiger partial charge in [-0.15, -0.1) is 0 Å². The second-order valence-corrected chi connectivity index (χ2v) is 8.33. The maximum absolute atomic E-state index is 12.2. The average Bonchev–Trinajstić information content (AvgIpc) is 2.52. The molecule has 2 aromatic rings. The fraction of sp³-hybridized carbons (Fsp3) is 0.368. The Hall–Kier alpha value is -1.69. The molecule has 0 radical (unpaired) electrons. The highest BCUT2D eigenvalue weighted by molar-refractivity contribution is 7.88. The van der Waals surface area contributed by atoms with Gasteiger partial charge in [0.15, 0.2) is 0 Å². The summed E-state index contributed by atoms with van der Waals surface area (Å²) in [6.07, 6.45) is 0. The van der Waals surface area contributed by atoms with E-state index >= 15 is 0 Å². The number of rotatable bonds is 7. The van der Waals surface area contributed by atoms with Gasteiger partial charge < -0.3 is 5.73 Å². The van der Waals surface area contributed by atoms with Crippen molar-refractivity contribution in [1.82, 2.24) is 4.72 Å². The van der Waals surface area contributed by atoms with Crippen LogP contribution in [-0.2, 0) is 15.8 Å². The lowest BCUT2D eigenvalue weighted by atomic mass is 9.99. The van der Waals surface area contributed by atoms with Gasteiger partial charge in [0.25, 0.3) is 0 Å². The van der Waals surface area contributed by atoms with Crippen molar-refractivity contribution in [3.8, 4) is 0 Å². The second-order valence-electron chi connectivity index (χ2n) is 6.52. The molecule has 3 N–H and O–H groups in total. The Labute approximate surface area is 145 Å². The molecule has 4 nitrogen and oxygen atoms in total. The Morgan fingerprint density at radius 2 is 1.67 bits per heavy atom. The van der Waals surface area contributed by atoms with Crippen molar-refractivity contribution in [1.29, 1.82) is 0 Å². The van der Waals surface area contributed by atoms with E-state index in [-0.39, 0.29) is 18.3 Å². The van der Waals surface area contributed by atoms with Crippen LogP contribution < -0.4 is 10.5 Å². The summed E-state index contributed by atoms with van der Waals surface area (Å²) in [5, 5.41) is 0. The number of hydrogen-bond donors (Lipinski definition) is 2. The molecular formula is C19H26N2O2S. The first-order valence-corrected chi connectivity index (χ1v) is 9.80.